The van der Waals surface area contributed by atoms with Gasteiger partial charge in [0.25, 0.3) is 0 Å². The van der Waals surface area contributed by atoms with Crippen molar-refractivity contribution in [3.63, 3.8) is 0 Å². The fourth-order valence-corrected chi connectivity index (χ4v) is 0.686. The van der Waals surface area contributed by atoms with Gasteiger partial charge in [-0.25, -0.2) is 0 Å². The van der Waals surface area contributed by atoms with Crippen molar-refractivity contribution in [2.45, 2.75) is 38.8 Å². The fourth-order valence-electron chi connectivity index (χ4n) is 0.686. The lowest BCUT2D eigenvalue weighted by Gasteiger charge is -2.17. The predicted octanol–water partition coefficient (Wildman–Crippen LogP) is 0.511. The maximum Gasteiger partial charge on any atom is 0.0720 e. The minimum Gasteiger partial charge on any atom is -0.395 e. The van der Waals surface area contributed by atoms with Gasteiger partial charge in [0.15, 0.2) is 0 Å². The first-order valence-electron chi connectivity index (χ1n) is 4.20. The molecule has 0 fully saturated rings. The molecule has 0 aromatic heterocycles. The predicted molar refractivity (Wildman–Crippen MR) is 45.4 cm³/mol. The number of aliphatic hydroxyl groups is 1. The number of ether oxygens (including phenoxy) is 1. The maximum atomic E-state index is 8.66. The van der Waals surface area contributed by atoms with E-state index in [-0.39, 0.29) is 18.8 Å². The molecule has 0 rings (SSSR count). The molecule has 0 heterocycles. The highest BCUT2D eigenvalue weighted by molar-refractivity contribution is 4.66. The van der Waals surface area contributed by atoms with Crippen LogP contribution in [-0.4, -0.2) is 30.5 Å². The molecule has 0 aliphatic carbocycles. The molecule has 0 bridgehead atoms. The Balaban J connectivity index is 3.28. The number of nitrogens with two attached hydrogens (primary N) is 1. The number of rotatable bonds is 6. The normalized spacial score (nSPS) is 16.4. The summed E-state index contributed by atoms with van der Waals surface area (Å²) < 4.78 is 5.35. The molecular weight excluding hydrogens is 142 g/mol. The fraction of sp³-hybridized carbons (Fsp3) is 1.00. The molecule has 0 aromatic carbocycles. The van der Waals surface area contributed by atoms with Crippen LogP contribution in [0.25, 0.3) is 0 Å². The second-order valence-electron chi connectivity index (χ2n) is 2.78. The summed E-state index contributed by atoms with van der Waals surface area (Å²) in [6.07, 6.45) is 2.15. The summed E-state index contributed by atoms with van der Waals surface area (Å²) in [7, 11) is 0. The molecule has 3 nitrogen and oxygen atoms in total. The monoisotopic (exact) mass is 161 g/mol. The van der Waals surface area contributed by atoms with Crippen LogP contribution in [0.15, 0.2) is 0 Å². The van der Waals surface area contributed by atoms with Crippen molar-refractivity contribution in [3.8, 4) is 0 Å². The van der Waals surface area contributed by atoms with Gasteiger partial charge in [-0.05, 0) is 13.3 Å². The molecule has 11 heavy (non-hydrogen) atoms. The molecule has 68 valence electrons. The van der Waals surface area contributed by atoms with Crippen LogP contribution in [0.1, 0.15) is 26.7 Å². The number of aliphatic hydroxyl groups excluding tert-OH is 1. The molecule has 0 amide bonds. The van der Waals surface area contributed by atoms with Gasteiger partial charge in [-0.2, -0.15) is 0 Å². The van der Waals surface area contributed by atoms with E-state index in [0.717, 1.165) is 19.4 Å². The average molecular weight is 161 g/mol. The number of hydrogen-bond donors (Lipinski definition) is 2. The molecule has 3 heteroatoms. The highest BCUT2D eigenvalue weighted by atomic mass is 16.5. The van der Waals surface area contributed by atoms with Crippen molar-refractivity contribution in [2.75, 3.05) is 13.2 Å². The average Bonchev–Trinajstić information content (AvgIpc) is 2.03. The number of hydrogen-bond acceptors (Lipinski definition) is 3. The van der Waals surface area contributed by atoms with Crippen LogP contribution in [0.2, 0.25) is 0 Å². The quantitative estimate of drug-likeness (QED) is 0.558. The molecule has 3 N–H and O–H groups in total. The van der Waals surface area contributed by atoms with Gasteiger partial charge in [-0.3, -0.25) is 0 Å². The van der Waals surface area contributed by atoms with Crippen molar-refractivity contribution in [2.24, 2.45) is 5.73 Å². The Labute approximate surface area is 68.5 Å². The minimum absolute atomic E-state index is 0.00666. The van der Waals surface area contributed by atoms with Gasteiger partial charge in [0.2, 0.25) is 0 Å². The first-order chi connectivity index (χ1) is 5.22. The van der Waals surface area contributed by atoms with E-state index in [0.29, 0.717) is 0 Å². The Hall–Kier alpha value is -0.120. The zero-order valence-corrected chi connectivity index (χ0v) is 7.42. The first kappa shape index (κ1) is 10.9. The summed E-state index contributed by atoms with van der Waals surface area (Å²) in [5, 5.41) is 8.66. The van der Waals surface area contributed by atoms with Crippen molar-refractivity contribution < 1.29 is 9.84 Å². The molecule has 0 saturated heterocycles. The summed E-state index contributed by atoms with van der Waals surface area (Å²) in [5.41, 5.74) is 5.52. The number of unbranched alkanes of at least 4 members (excludes halogenated alkanes) is 1. The Morgan fingerprint density at radius 2 is 2.18 bits per heavy atom. The van der Waals surface area contributed by atoms with E-state index in [4.69, 9.17) is 15.6 Å². The SMILES string of the molecule is CCCCOC(C)[C@@H](N)CO. The van der Waals surface area contributed by atoms with Crippen LogP contribution in [0.3, 0.4) is 0 Å². The van der Waals surface area contributed by atoms with Crippen molar-refractivity contribution in [1.82, 2.24) is 0 Å². The van der Waals surface area contributed by atoms with Crippen molar-refractivity contribution >= 4 is 0 Å². The lowest BCUT2D eigenvalue weighted by atomic mass is 10.2. The topological polar surface area (TPSA) is 55.5 Å². The van der Waals surface area contributed by atoms with E-state index >= 15 is 0 Å². The summed E-state index contributed by atoms with van der Waals surface area (Å²) in [6.45, 7) is 4.73. The van der Waals surface area contributed by atoms with E-state index < -0.39 is 0 Å². The van der Waals surface area contributed by atoms with Gasteiger partial charge in [0.05, 0.1) is 18.8 Å². The van der Waals surface area contributed by atoms with E-state index in [1.54, 1.807) is 0 Å². The standard InChI is InChI=1S/C8H19NO2/c1-3-4-5-11-7(2)8(9)6-10/h7-8,10H,3-6,9H2,1-2H3/t7?,8-/m0/s1. The molecular formula is C8H19NO2. The summed E-state index contributed by atoms with van der Waals surface area (Å²) >= 11 is 0. The van der Waals surface area contributed by atoms with E-state index in [9.17, 15) is 0 Å². The Bertz CT molecular complexity index is 88.2. The van der Waals surface area contributed by atoms with Gasteiger partial charge in [-0.1, -0.05) is 13.3 Å². The second kappa shape index (κ2) is 6.58. The molecule has 0 saturated carbocycles. The van der Waals surface area contributed by atoms with Crippen LogP contribution in [0.4, 0.5) is 0 Å². The molecule has 0 aliphatic heterocycles. The minimum atomic E-state index is -0.244. The van der Waals surface area contributed by atoms with Crippen LogP contribution >= 0.6 is 0 Å². The van der Waals surface area contributed by atoms with Gasteiger partial charge >= 0.3 is 0 Å². The second-order valence-corrected chi connectivity index (χ2v) is 2.78. The van der Waals surface area contributed by atoms with Crippen LogP contribution in [0, 0.1) is 0 Å². The zero-order chi connectivity index (χ0) is 8.69. The summed E-state index contributed by atoms with van der Waals surface area (Å²) in [5.74, 6) is 0. The van der Waals surface area contributed by atoms with Crippen LogP contribution < -0.4 is 5.73 Å². The van der Waals surface area contributed by atoms with E-state index in [1.165, 1.54) is 0 Å². The zero-order valence-electron chi connectivity index (χ0n) is 7.42. The lowest BCUT2D eigenvalue weighted by molar-refractivity contribution is 0.0320. The van der Waals surface area contributed by atoms with Crippen molar-refractivity contribution in [1.29, 1.82) is 0 Å². The van der Waals surface area contributed by atoms with Gasteiger partial charge in [-0.15, -0.1) is 0 Å². The smallest absolute Gasteiger partial charge is 0.0720 e. The molecule has 0 aliphatic rings. The molecule has 0 radical (unpaired) electrons. The van der Waals surface area contributed by atoms with Gasteiger partial charge in [0, 0.05) is 6.61 Å². The maximum absolute atomic E-state index is 8.66. The van der Waals surface area contributed by atoms with E-state index in [1.807, 2.05) is 6.92 Å². The third kappa shape index (κ3) is 5.18. The molecule has 0 spiro atoms. The lowest BCUT2D eigenvalue weighted by Crippen LogP contribution is -2.37. The van der Waals surface area contributed by atoms with E-state index in [2.05, 4.69) is 6.92 Å². The first-order valence-corrected chi connectivity index (χ1v) is 4.20. The Morgan fingerprint density at radius 3 is 2.64 bits per heavy atom. The summed E-state index contributed by atoms with van der Waals surface area (Å²) in [4.78, 5) is 0. The third-order valence-electron chi connectivity index (χ3n) is 1.69. The Morgan fingerprint density at radius 1 is 1.55 bits per heavy atom. The van der Waals surface area contributed by atoms with Gasteiger partial charge in [0.1, 0.15) is 0 Å². The molecule has 0 aromatic rings. The van der Waals surface area contributed by atoms with Crippen LogP contribution in [0.5, 0.6) is 0 Å². The van der Waals surface area contributed by atoms with Crippen molar-refractivity contribution in [3.05, 3.63) is 0 Å². The summed E-state index contributed by atoms with van der Waals surface area (Å²) in [6, 6.07) is -0.244. The largest absolute Gasteiger partial charge is 0.395 e. The third-order valence-corrected chi connectivity index (χ3v) is 1.69. The van der Waals surface area contributed by atoms with Gasteiger partial charge < -0.3 is 15.6 Å². The highest BCUT2D eigenvalue weighted by Crippen LogP contribution is 1.97. The highest BCUT2D eigenvalue weighted by Gasteiger charge is 2.10. The Kier molecular flexibility index (Phi) is 6.51. The molecule has 2 atom stereocenters. The molecule has 1 unspecified atom stereocenters. The van der Waals surface area contributed by atoms with Crippen LogP contribution in [-0.2, 0) is 4.74 Å².